The van der Waals surface area contributed by atoms with Gasteiger partial charge in [-0.1, -0.05) is 37.6 Å². The number of barbiturate groups is 1. The van der Waals surface area contributed by atoms with Gasteiger partial charge in [0.15, 0.2) is 0 Å². The predicted molar refractivity (Wildman–Crippen MR) is 131 cm³/mol. The van der Waals surface area contributed by atoms with E-state index in [9.17, 15) is 14.4 Å². The Bertz CT molecular complexity index is 1150. The number of anilines is 2. The van der Waals surface area contributed by atoms with Crippen molar-refractivity contribution < 1.29 is 14.4 Å². The SMILES string of the molecule is CCCN1c2ccc(/C=C3/C(=O)NC(=O)N(c4ccc(C)cc4)C3=O)cc2C(C)CC1(C)C. The van der Waals surface area contributed by atoms with Crippen LogP contribution >= 0.6 is 0 Å². The van der Waals surface area contributed by atoms with Crippen molar-refractivity contribution in [1.82, 2.24) is 5.32 Å². The molecule has 0 bridgehead atoms. The number of aryl methyl sites for hydroxylation is 1. The molecule has 0 spiro atoms. The lowest BCUT2D eigenvalue weighted by Crippen LogP contribution is -2.54. The monoisotopic (exact) mass is 445 g/mol. The summed E-state index contributed by atoms with van der Waals surface area (Å²) in [5.41, 5.74) is 4.65. The molecule has 2 aliphatic rings. The Kier molecular flexibility index (Phi) is 5.87. The number of benzene rings is 2. The number of urea groups is 1. The number of rotatable bonds is 4. The maximum absolute atomic E-state index is 13.2. The van der Waals surface area contributed by atoms with Crippen LogP contribution < -0.4 is 15.1 Å². The van der Waals surface area contributed by atoms with Gasteiger partial charge in [-0.05, 0) is 81.0 Å². The molecule has 0 radical (unpaired) electrons. The molecule has 1 unspecified atom stereocenters. The minimum atomic E-state index is -0.734. The van der Waals surface area contributed by atoms with Crippen molar-refractivity contribution in [1.29, 1.82) is 0 Å². The van der Waals surface area contributed by atoms with Crippen LogP contribution in [0.25, 0.3) is 6.08 Å². The fraction of sp³-hybridized carbons (Fsp3) is 0.370. The zero-order valence-electron chi connectivity index (χ0n) is 19.9. The molecule has 6 heteroatoms. The van der Waals surface area contributed by atoms with Crippen LogP contribution in [-0.2, 0) is 9.59 Å². The molecule has 4 rings (SSSR count). The number of fused-ring (bicyclic) bond motifs is 1. The number of amides is 4. The highest BCUT2D eigenvalue weighted by molar-refractivity contribution is 6.39. The van der Waals surface area contributed by atoms with E-state index in [1.165, 1.54) is 11.3 Å². The summed E-state index contributed by atoms with van der Waals surface area (Å²) in [5, 5.41) is 2.30. The molecule has 0 aliphatic carbocycles. The lowest BCUT2D eigenvalue weighted by Gasteiger charge is -2.47. The van der Waals surface area contributed by atoms with Crippen molar-refractivity contribution >= 4 is 35.3 Å². The first-order chi connectivity index (χ1) is 15.6. The highest BCUT2D eigenvalue weighted by Gasteiger charge is 2.38. The molecule has 1 saturated heterocycles. The first kappa shape index (κ1) is 22.8. The molecule has 1 N–H and O–H groups in total. The molecular formula is C27H31N3O3. The summed E-state index contributed by atoms with van der Waals surface area (Å²) in [6.45, 7) is 11.9. The number of hydrogen-bond donors (Lipinski definition) is 1. The minimum Gasteiger partial charge on any atom is -0.366 e. The Morgan fingerprint density at radius 1 is 1.09 bits per heavy atom. The smallest absolute Gasteiger partial charge is 0.335 e. The first-order valence-electron chi connectivity index (χ1n) is 11.5. The van der Waals surface area contributed by atoms with Gasteiger partial charge in [-0.2, -0.15) is 0 Å². The van der Waals surface area contributed by atoms with Crippen molar-refractivity contribution in [2.45, 2.75) is 58.9 Å². The highest BCUT2D eigenvalue weighted by atomic mass is 16.2. The van der Waals surface area contributed by atoms with Gasteiger partial charge < -0.3 is 4.90 Å². The van der Waals surface area contributed by atoms with Crippen molar-refractivity contribution in [2.75, 3.05) is 16.3 Å². The van der Waals surface area contributed by atoms with E-state index in [-0.39, 0.29) is 11.1 Å². The van der Waals surface area contributed by atoms with Crippen molar-refractivity contribution in [3.63, 3.8) is 0 Å². The van der Waals surface area contributed by atoms with E-state index < -0.39 is 17.8 Å². The Labute approximate surface area is 195 Å². The van der Waals surface area contributed by atoms with Crippen LogP contribution in [0.1, 0.15) is 63.1 Å². The fourth-order valence-corrected chi connectivity index (χ4v) is 5.00. The minimum absolute atomic E-state index is 0.0515. The Morgan fingerprint density at radius 2 is 1.79 bits per heavy atom. The zero-order valence-corrected chi connectivity index (χ0v) is 19.9. The average molecular weight is 446 g/mol. The van der Waals surface area contributed by atoms with Gasteiger partial charge in [0.1, 0.15) is 5.57 Å². The Morgan fingerprint density at radius 3 is 2.45 bits per heavy atom. The van der Waals surface area contributed by atoms with Crippen LogP contribution in [0.2, 0.25) is 0 Å². The second-order valence-corrected chi connectivity index (χ2v) is 9.68. The van der Waals surface area contributed by atoms with E-state index in [0.29, 0.717) is 11.6 Å². The van der Waals surface area contributed by atoms with Crippen LogP contribution in [-0.4, -0.2) is 29.9 Å². The van der Waals surface area contributed by atoms with E-state index in [4.69, 9.17) is 0 Å². The summed E-state index contributed by atoms with van der Waals surface area (Å²) < 4.78 is 0. The quantitative estimate of drug-likeness (QED) is 0.521. The number of nitrogens with zero attached hydrogens (tertiary/aromatic N) is 2. The van der Waals surface area contributed by atoms with Gasteiger partial charge >= 0.3 is 6.03 Å². The van der Waals surface area contributed by atoms with Gasteiger partial charge in [-0.15, -0.1) is 0 Å². The number of imide groups is 2. The third-order valence-electron chi connectivity index (χ3n) is 6.56. The molecule has 1 fully saturated rings. The summed E-state index contributed by atoms with van der Waals surface area (Å²) in [6.07, 6.45) is 3.66. The fourth-order valence-electron chi connectivity index (χ4n) is 5.00. The highest BCUT2D eigenvalue weighted by Crippen LogP contribution is 2.43. The van der Waals surface area contributed by atoms with Crippen molar-refractivity contribution in [3.05, 3.63) is 64.7 Å². The van der Waals surface area contributed by atoms with E-state index in [0.717, 1.165) is 35.4 Å². The largest absolute Gasteiger partial charge is 0.366 e. The predicted octanol–water partition coefficient (Wildman–Crippen LogP) is 5.16. The summed E-state index contributed by atoms with van der Waals surface area (Å²) in [5.74, 6) is -0.942. The summed E-state index contributed by atoms with van der Waals surface area (Å²) in [6, 6.07) is 12.4. The van der Waals surface area contributed by atoms with Crippen molar-refractivity contribution in [2.24, 2.45) is 0 Å². The molecule has 2 aromatic carbocycles. The normalized spacial score (nSPS) is 21.3. The number of nitrogens with one attached hydrogen (secondary N) is 1. The standard InChI is InChI=1S/C27H31N3O3/c1-6-13-29-23-12-9-19(14-21(23)18(3)16-27(29,4)5)15-22-24(31)28-26(33)30(25(22)32)20-10-7-17(2)8-11-20/h7-12,14-15,18H,6,13,16H2,1-5H3,(H,28,31,33)/b22-15-. The molecule has 4 amide bonds. The second-order valence-electron chi connectivity index (χ2n) is 9.68. The first-order valence-corrected chi connectivity index (χ1v) is 11.5. The third kappa shape index (κ3) is 4.17. The van der Waals surface area contributed by atoms with Gasteiger partial charge in [0.25, 0.3) is 11.8 Å². The average Bonchev–Trinajstić information content (AvgIpc) is 2.75. The van der Waals surface area contributed by atoms with Crippen LogP contribution in [0.15, 0.2) is 48.0 Å². The molecule has 2 heterocycles. The Balaban J connectivity index is 1.72. The summed E-state index contributed by atoms with van der Waals surface area (Å²) in [4.78, 5) is 41.6. The molecule has 2 aromatic rings. The van der Waals surface area contributed by atoms with Crippen LogP contribution in [0.3, 0.4) is 0 Å². The molecule has 0 saturated carbocycles. The van der Waals surface area contributed by atoms with Crippen LogP contribution in [0.5, 0.6) is 0 Å². The van der Waals surface area contributed by atoms with Gasteiger partial charge in [0.2, 0.25) is 0 Å². The van der Waals surface area contributed by atoms with Crippen molar-refractivity contribution in [3.8, 4) is 0 Å². The van der Waals surface area contributed by atoms with Gasteiger partial charge in [0, 0.05) is 17.8 Å². The van der Waals surface area contributed by atoms with Gasteiger partial charge in [-0.25, -0.2) is 9.69 Å². The van der Waals surface area contributed by atoms with Crippen LogP contribution in [0, 0.1) is 6.92 Å². The van der Waals surface area contributed by atoms with Crippen LogP contribution in [0.4, 0.5) is 16.2 Å². The van der Waals surface area contributed by atoms with E-state index in [1.807, 2.05) is 25.1 Å². The number of carbonyl (C=O) groups excluding carboxylic acids is 3. The molecule has 6 nitrogen and oxygen atoms in total. The molecule has 0 aromatic heterocycles. The van der Waals surface area contributed by atoms with E-state index in [1.54, 1.807) is 18.2 Å². The molecule has 33 heavy (non-hydrogen) atoms. The maximum Gasteiger partial charge on any atom is 0.335 e. The van der Waals surface area contributed by atoms with Gasteiger partial charge in [-0.3, -0.25) is 14.9 Å². The molecule has 2 aliphatic heterocycles. The summed E-state index contributed by atoms with van der Waals surface area (Å²) in [7, 11) is 0. The Hall–Kier alpha value is -3.41. The third-order valence-corrected chi connectivity index (χ3v) is 6.56. The molecule has 1 atom stereocenters. The lowest BCUT2D eigenvalue weighted by atomic mass is 9.79. The number of hydrogen-bond acceptors (Lipinski definition) is 4. The summed E-state index contributed by atoms with van der Waals surface area (Å²) >= 11 is 0. The lowest BCUT2D eigenvalue weighted by molar-refractivity contribution is -0.122. The van der Waals surface area contributed by atoms with E-state index in [2.05, 4.69) is 50.0 Å². The van der Waals surface area contributed by atoms with Gasteiger partial charge in [0.05, 0.1) is 5.69 Å². The number of carbonyl (C=O) groups is 3. The zero-order chi connectivity index (χ0) is 23.9. The molecule has 172 valence electrons. The maximum atomic E-state index is 13.2. The van der Waals surface area contributed by atoms with E-state index >= 15 is 0 Å². The topological polar surface area (TPSA) is 69.7 Å². The molecular weight excluding hydrogens is 414 g/mol. The second kappa shape index (κ2) is 8.50.